The van der Waals surface area contributed by atoms with Crippen LogP contribution in [-0.4, -0.2) is 41.6 Å². The predicted octanol–water partition coefficient (Wildman–Crippen LogP) is 5.69. The maximum Gasteiger partial charge on any atom is 0.435 e. The Hall–Kier alpha value is -2.74. The van der Waals surface area contributed by atoms with Gasteiger partial charge in [0.15, 0.2) is 0 Å². The Morgan fingerprint density at radius 3 is 2.20 bits per heavy atom. The van der Waals surface area contributed by atoms with Crippen LogP contribution in [0.15, 0.2) is 47.4 Å². The molecule has 0 spiro atoms. The van der Waals surface area contributed by atoms with Crippen molar-refractivity contribution in [3.63, 3.8) is 0 Å². The van der Waals surface area contributed by atoms with Crippen LogP contribution in [0.3, 0.4) is 0 Å². The summed E-state index contributed by atoms with van der Waals surface area (Å²) in [5.74, 6) is -0.779. The lowest BCUT2D eigenvalue weighted by atomic mass is 10.2. The van der Waals surface area contributed by atoms with Crippen molar-refractivity contribution < 1.29 is 31.9 Å². The number of halogens is 2. The number of hydrogen-bond acceptors (Lipinski definition) is 7. The maximum absolute atomic E-state index is 13.8. The fourth-order valence-electron chi connectivity index (χ4n) is 3.02. The third-order valence-electron chi connectivity index (χ3n) is 4.31. The number of benzene rings is 2. The van der Waals surface area contributed by atoms with Crippen LogP contribution >= 0.6 is 22.6 Å². The summed E-state index contributed by atoms with van der Waals surface area (Å²) in [7, 11) is -4.57. The van der Waals surface area contributed by atoms with Gasteiger partial charge in [0, 0.05) is 5.39 Å². The van der Waals surface area contributed by atoms with Gasteiger partial charge >= 0.3 is 12.2 Å². The lowest BCUT2D eigenvalue weighted by Gasteiger charge is -2.27. The minimum absolute atomic E-state index is 0.0716. The normalized spacial score (nSPS) is 12.5. The molecule has 0 saturated heterocycles. The Morgan fingerprint density at radius 1 is 1.00 bits per heavy atom. The molecule has 0 aliphatic rings. The standard InChI is InChI=1S/C23H25FIN3O6S/c1-22(2,3)33-20(29)27-18-11-10-15(13-17(18)19(25)26-27)28(21(30)34-23(4,5)6)35(31,32)16-9-7-8-14(24)12-16/h7-13H,1-6H3. The second kappa shape index (κ2) is 9.37. The van der Waals surface area contributed by atoms with Gasteiger partial charge in [-0.1, -0.05) is 6.07 Å². The number of hydrogen-bond donors (Lipinski definition) is 0. The van der Waals surface area contributed by atoms with E-state index in [-0.39, 0.29) is 5.69 Å². The molecule has 3 aromatic rings. The van der Waals surface area contributed by atoms with Gasteiger partial charge in [-0.05, 0) is 101 Å². The molecule has 35 heavy (non-hydrogen) atoms. The lowest BCUT2D eigenvalue weighted by Crippen LogP contribution is -2.41. The van der Waals surface area contributed by atoms with Crippen LogP contribution in [0.2, 0.25) is 0 Å². The SMILES string of the molecule is CC(C)(C)OC(=O)N(c1ccc2c(c1)c(I)nn2C(=O)OC(C)(C)C)S(=O)(=O)c1cccc(F)c1. The smallest absolute Gasteiger partial charge is 0.435 e. The number of carbonyl (C=O) groups excluding carboxylic acids is 2. The first-order valence-electron chi connectivity index (χ1n) is 10.5. The molecule has 3 rings (SSSR count). The molecule has 1 heterocycles. The molecule has 0 aliphatic heterocycles. The van der Waals surface area contributed by atoms with E-state index in [1.165, 1.54) is 30.3 Å². The van der Waals surface area contributed by atoms with Crippen LogP contribution in [0, 0.1) is 9.52 Å². The van der Waals surface area contributed by atoms with E-state index in [0.29, 0.717) is 18.9 Å². The predicted molar refractivity (Wildman–Crippen MR) is 136 cm³/mol. The van der Waals surface area contributed by atoms with Crippen molar-refractivity contribution in [1.29, 1.82) is 0 Å². The maximum atomic E-state index is 13.8. The minimum atomic E-state index is -4.57. The van der Waals surface area contributed by atoms with Crippen LogP contribution in [-0.2, 0) is 19.5 Å². The molecule has 188 valence electrons. The molecule has 0 atom stereocenters. The molecule has 0 bridgehead atoms. The van der Waals surface area contributed by atoms with Gasteiger partial charge in [-0.3, -0.25) is 0 Å². The van der Waals surface area contributed by atoms with Crippen LogP contribution in [0.4, 0.5) is 19.7 Å². The van der Waals surface area contributed by atoms with Crippen molar-refractivity contribution >= 4 is 61.4 Å². The Morgan fingerprint density at radius 2 is 1.63 bits per heavy atom. The molecular formula is C23H25FIN3O6S. The first-order chi connectivity index (χ1) is 16.0. The van der Waals surface area contributed by atoms with Crippen LogP contribution in [0.1, 0.15) is 41.5 Å². The molecule has 1 amide bonds. The zero-order valence-electron chi connectivity index (χ0n) is 20.0. The molecule has 0 unspecified atom stereocenters. The third-order valence-corrected chi connectivity index (χ3v) is 6.80. The largest absolute Gasteiger partial charge is 0.443 e. The lowest BCUT2D eigenvalue weighted by molar-refractivity contribution is 0.0520. The van der Waals surface area contributed by atoms with Crippen molar-refractivity contribution in [2.45, 2.75) is 57.6 Å². The summed E-state index contributed by atoms with van der Waals surface area (Å²) in [5.41, 5.74) is -1.49. The summed E-state index contributed by atoms with van der Waals surface area (Å²) < 4.78 is 53.4. The second-order valence-corrected chi connectivity index (χ2v) is 12.4. The van der Waals surface area contributed by atoms with E-state index in [1.807, 2.05) is 22.6 Å². The summed E-state index contributed by atoms with van der Waals surface area (Å²) in [4.78, 5) is 25.3. The number of ether oxygens (including phenoxy) is 2. The van der Waals surface area contributed by atoms with E-state index >= 15 is 0 Å². The topological polar surface area (TPSA) is 108 Å². The molecule has 1 aromatic heterocycles. The zero-order valence-corrected chi connectivity index (χ0v) is 23.0. The highest BCUT2D eigenvalue weighted by atomic mass is 127. The van der Waals surface area contributed by atoms with Gasteiger partial charge in [0.1, 0.15) is 20.7 Å². The van der Waals surface area contributed by atoms with Gasteiger partial charge < -0.3 is 9.47 Å². The molecule has 0 saturated carbocycles. The first kappa shape index (κ1) is 26.9. The Bertz CT molecular complexity index is 1410. The minimum Gasteiger partial charge on any atom is -0.443 e. The van der Waals surface area contributed by atoms with Crippen molar-refractivity contribution in [2.75, 3.05) is 4.31 Å². The van der Waals surface area contributed by atoms with E-state index in [0.717, 1.165) is 16.8 Å². The average Bonchev–Trinajstić information content (AvgIpc) is 3.02. The van der Waals surface area contributed by atoms with Crippen LogP contribution < -0.4 is 4.31 Å². The highest BCUT2D eigenvalue weighted by Gasteiger charge is 2.35. The monoisotopic (exact) mass is 617 g/mol. The van der Waals surface area contributed by atoms with E-state index in [4.69, 9.17) is 9.47 Å². The molecular weight excluding hydrogens is 592 g/mol. The number of sulfonamides is 1. The van der Waals surface area contributed by atoms with Crippen LogP contribution in [0.25, 0.3) is 10.9 Å². The molecule has 0 fully saturated rings. The fourth-order valence-corrected chi connectivity index (χ4v) is 5.01. The number of rotatable bonds is 3. The van der Waals surface area contributed by atoms with Gasteiger partial charge in [-0.2, -0.15) is 14.1 Å². The quantitative estimate of drug-likeness (QED) is 0.348. The summed E-state index contributed by atoms with van der Waals surface area (Å²) in [6.07, 6.45) is -1.88. The molecule has 12 heteroatoms. The highest BCUT2D eigenvalue weighted by Crippen LogP contribution is 2.31. The third kappa shape index (κ3) is 6.10. The van der Waals surface area contributed by atoms with E-state index < -0.39 is 44.1 Å². The van der Waals surface area contributed by atoms with Gasteiger partial charge in [0.05, 0.1) is 16.1 Å². The van der Waals surface area contributed by atoms with Crippen molar-refractivity contribution in [3.8, 4) is 0 Å². The Balaban J connectivity index is 2.17. The number of nitrogens with zero attached hydrogens (tertiary/aromatic N) is 3. The number of fused-ring (bicyclic) bond motifs is 1. The zero-order chi connectivity index (χ0) is 26.3. The van der Waals surface area contributed by atoms with E-state index in [1.54, 1.807) is 41.5 Å². The van der Waals surface area contributed by atoms with Gasteiger partial charge in [-0.25, -0.2) is 22.4 Å². The number of amides is 1. The van der Waals surface area contributed by atoms with Gasteiger partial charge in [0.25, 0.3) is 10.0 Å². The van der Waals surface area contributed by atoms with Crippen molar-refractivity contribution in [3.05, 3.63) is 52.0 Å². The summed E-state index contributed by atoms with van der Waals surface area (Å²) in [6.45, 7) is 9.93. The van der Waals surface area contributed by atoms with E-state index in [2.05, 4.69) is 5.10 Å². The Labute approximate surface area is 216 Å². The van der Waals surface area contributed by atoms with Crippen molar-refractivity contribution in [2.24, 2.45) is 0 Å². The number of carbonyl (C=O) groups is 2. The number of anilines is 1. The average molecular weight is 617 g/mol. The summed E-state index contributed by atoms with van der Waals surface area (Å²) in [5, 5.41) is 4.61. The first-order valence-corrected chi connectivity index (χ1v) is 13.0. The Kier molecular flexibility index (Phi) is 7.19. The summed E-state index contributed by atoms with van der Waals surface area (Å²) >= 11 is 1.89. The molecule has 0 aliphatic carbocycles. The van der Waals surface area contributed by atoms with E-state index in [9.17, 15) is 22.4 Å². The van der Waals surface area contributed by atoms with Gasteiger partial charge in [0.2, 0.25) is 0 Å². The van der Waals surface area contributed by atoms with Crippen LogP contribution in [0.5, 0.6) is 0 Å². The fraction of sp³-hybridized carbons (Fsp3) is 0.348. The van der Waals surface area contributed by atoms with Gasteiger partial charge in [-0.15, -0.1) is 0 Å². The second-order valence-electron chi connectivity index (χ2n) is 9.59. The van der Waals surface area contributed by atoms with Crippen molar-refractivity contribution in [1.82, 2.24) is 9.78 Å². The molecule has 0 radical (unpaired) electrons. The summed E-state index contributed by atoms with van der Waals surface area (Å²) in [6, 6.07) is 8.49. The number of aromatic nitrogens is 2. The highest BCUT2D eigenvalue weighted by molar-refractivity contribution is 14.1. The molecule has 9 nitrogen and oxygen atoms in total. The molecule has 2 aromatic carbocycles. The molecule has 0 N–H and O–H groups in total.